The molecule has 0 atom stereocenters. The van der Waals surface area contributed by atoms with Gasteiger partial charge in [0.1, 0.15) is 12.1 Å². The second kappa shape index (κ2) is 7.07. The van der Waals surface area contributed by atoms with E-state index < -0.39 is 0 Å². The van der Waals surface area contributed by atoms with Gasteiger partial charge in [0.2, 0.25) is 0 Å². The first-order valence-electron chi connectivity index (χ1n) is 8.79. The normalized spacial score (nSPS) is 15.3. The summed E-state index contributed by atoms with van der Waals surface area (Å²) in [6.45, 7) is 3.77. The lowest BCUT2D eigenvalue weighted by Gasteiger charge is -2.31. The van der Waals surface area contributed by atoms with Gasteiger partial charge >= 0.3 is 5.97 Å². The number of esters is 1. The maximum absolute atomic E-state index is 11.9. The highest BCUT2D eigenvalue weighted by molar-refractivity contribution is 5.87. The van der Waals surface area contributed by atoms with E-state index >= 15 is 0 Å². The number of nitrogens with zero attached hydrogens (tertiary/aromatic N) is 6. The van der Waals surface area contributed by atoms with Crippen LogP contribution in [0.3, 0.4) is 0 Å². The Kier molecular flexibility index (Phi) is 4.47. The predicted molar refractivity (Wildman–Crippen MR) is 96.0 cm³/mol. The van der Waals surface area contributed by atoms with Crippen molar-refractivity contribution < 1.29 is 9.53 Å². The van der Waals surface area contributed by atoms with Crippen molar-refractivity contribution in [2.75, 3.05) is 24.6 Å². The molecule has 134 valence electrons. The van der Waals surface area contributed by atoms with Gasteiger partial charge in [0.05, 0.1) is 24.1 Å². The SMILES string of the molecule is CCOC(=O)C1CCN(c2ncnc3c2cnn3-c2ccccn2)CC1. The fourth-order valence-corrected chi connectivity index (χ4v) is 3.32. The van der Waals surface area contributed by atoms with Gasteiger partial charge in [0, 0.05) is 19.3 Å². The molecule has 1 aliphatic rings. The van der Waals surface area contributed by atoms with Crippen LogP contribution in [0.4, 0.5) is 5.82 Å². The van der Waals surface area contributed by atoms with E-state index in [2.05, 4.69) is 25.0 Å². The summed E-state index contributed by atoms with van der Waals surface area (Å²) in [4.78, 5) is 27.3. The van der Waals surface area contributed by atoms with Crippen molar-refractivity contribution in [1.29, 1.82) is 0 Å². The van der Waals surface area contributed by atoms with Gasteiger partial charge in [-0.15, -0.1) is 0 Å². The molecule has 8 nitrogen and oxygen atoms in total. The molecule has 0 aliphatic carbocycles. The molecule has 3 aromatic rings. The molecular formula is C18H20N6O2. The largest absolute Gasteiger partial charge is 0.466 e. The van der Waals surface area contributed by atoms with Crippen molar-refractivity contribution in [3.8, 4) is 5.82 Å². The number of rotatable bonds is 4. The Bertz CT molecular complexity index is 902. The van der Waals surface area contributed by atoms with Crippen molar-refractivity contribution in [3.05, 3.63) is 36.9 Å². The van der Waals surface area contributed by atoms with Gasteiger partial charge in [-0.25, -0.2) is 15.0 Å². The molecule has 3 aromatic heterocycles. The molecule has 0 unspecified atom stereocenters. The van der Waals surface area contributed by atoms with E-state index in [9.17, 15) is 4.79 Å². The summed E-state index contributed by atoms with van der Waals surface area (Å²) in [5.41, 5.74) is 0.723. The maximum atomic E-state index is 11.9. The molecule has 1 aliphatic heterocycles. The van der Waals surface area contributed by atoms with E-state index in [4.69, 9.17) is 4.74 Å². The summed E-state index contributed by atoms with van der Waals surface area (Å²) in [6, 6.07) is 5.67. The molecular weight excluding hydrogens is 332 g/mol. The van der Waals surface area contributed by atoms with E-state index in [0.29, 0.717) is 12.4 Å². The number of carbonyl (C=O) groups is 1. The molecule has 4 heterocycles. The van der Waals surface area contributed by atoms with Crippen LogP contribution in [0.2, 0.25) is 0 Å². The molecule has 1 fully saturated rings. The lowest BCUT2D eigenvalue weighted by Crippen LogP contribution is -2.37. The van der Waals surface area contributed by atoms with Crippen molar-refractivity contribution in [2.24, 2.45) is 5.92 Å². The van der Waals surface area contributed by atoms with Gasteiger partial charge in [-0.3, -0.25) is 4.79 Å². The van der Waals surface area contributed by atoms with Gasteiger partial charge in [0.15, 0.2) is 11.5 Å². The zero-order chi connectivity index (χ0) is 17.9. The smallest absolute Gasteiger partial charge is 0.309 e. The van der Waals surface area contributed by atoms with Crippen LogP contribution in [0.15, 0.2) is 36.9 Å². The standard InChI is InChI=1S/C18H20N6O2/c1-2-26-18(25)13-6-9-23(10-7-13)16-14-11-22-24(17(14)21-12-20-16)15-5-3-4-8-19-15/h3-5,8,11-13H,2,6-7,9-10H2,1H3. The highest BCUT2D eigenvalue weighted by atomic mass is 16.5. The molecule has 0 spiro atoms. The maximum Gasteiger partial charge on any atom is 0.309 e. The highest BCUT2D eigenvalue weighted by Crippen LogP contribution is 2.28. The van der Waals surface area contributed by atoms with Crippen LogP contribution in [0, 0.1) is 5.92 Å². The minimum Gasteiger partial charge on any atom is -0.466 e. The molecule has 1 saturated heterocycles. The number of anilines is 1. The monoisotopic (exact) mass is 352 g/mol. The number of hydrogen-bond donors (Lipinski definition) is 0. The van der Waals surface area contributed by atoms with Gasteiger partial charge in [-0.05, 0) is 31.9 Å². The number of piperidine rings is 1. The first kappa shape index (κ1) is 16.4. The lowest BCUT2D eigenvalue weighted by atomic mass is 9.97. The molecule has 8 heteroatoms. The Morgan fingerprint density at radius 1 is 1.23 bits per heavy atom. The molecule has 0 saturated carbocycles. The minimum atomic E-state index is -0.0945. The molecule has 0 radical (unpaired) electrons. The van der Waals surface area contributed by atoms with Gasteiger partial charge in [0.25, 0.3) is 0 Å². The van der Waals surface area contributed by atoms with Crippen LogP contribution in [-0.4, -0.2) is 50.4 Å². The van der Waals surface area contributed by atoms with Gasteiger partial charge in [-0.1, -0.05) is 6.07 Å². The summed E-state index contributed by atoms with van der Waals surface area (Å²) >= 11 is 0. The molecule has 0 N–H and O–H groups in total. The van der Waals surface area contributed by atoms with Crippen molar-refractivity contribution in [3.63, 3.8) is 0 Å². The Labute approximate surface area is 150 Å². The van der Waals surface area contributed by atoms with Gasteiger partial charge < -0.3 is 9.64 Å². The average Bonchev–Trinajstić information content (AvgIpc) is 3.13. The van der Waals surface area contributed by atoms with E-state index in [0.717, 1.165) is 42.8 Å². The first-order chi connectivity index (χ1) is 12.8. The average molecular weight is 352 g/mol. The second-order valence-corrected chi connectivity index (χ2v) is 6.19. The zero-order valence-corrected chi connectivity index (χ0v) is 14.6. The number of ether oxygens (including phenoxy) is 1. The minimum absolute atomic E-state index is 0.0280. The van der Waals surface area contributed by atoms with Crippen molar-refractivity contribution >= 4 is 22.8 Å². The second-order valence-electron chi connectivity index (χ2n) is 6.19. The summed E-state index contributed by atoms with van der Waals surface area (Å²) in [6.07, 6.45) is 6.58. The van der Waals surface area contributed by atoms with E-state index in [-0.39, 0.29) is 11.9 Å². The number of carbonyl (C=O) groups excluding carboxylic acids is 1. The molecule has 0 aromatic carbocycles. The molecule has 0 bridgehead atoms. The quantitative estimate of drug-likeness (QED) is 0.664. The zero-order valence-electron chi connectivity index (χ0n) is 14.6. The summed E-state index contributed by atoms with van der Waals surface area (Å²) in [5, 5.41) is 5.32. The lowest BCUT2D eigenvalue weighted by molar-refractivity contribution is -0.148. The fourth-order valence-electron chi connectivity index (χ4n) is 3.32. The van der Waals surface area contributed by atoms with Crippen molar-refractivity contribution in [1.82, 2.24) is 24.7 Å². The van der Waals surface area contributed by atoms with E-state index in [1.165, 1.54) is 0 Å². The summed E-state index contributed by atoms with van der Waals surface area (Å²) in [7, 11) is 0. The number of hydrogen-bond acceptors (Lipinski definition) is 7. The third-order valence-corrected chi connectivity index (χ3v) is 4.63. The molecule has 4 rings (SSSR count). The molecule has 26 heavy (non-hydrogen) atoms. The van der Waals surface area contributed by atoms with Crippen LogP contribution in [0.5, 0.6) is 0 Å². The van der Waals surface area contributed by atoms with Crippen LogP contribution in [0.25, 0.3) is 16.9 Å². The van der Waals surface area contributed by atoms with Crippen LogP contribution >= 0.6 is 0 Å². The topological polar surface area (TPSA) is 86.0 Å². The first-order valence-corrected chi connectivity index (χ1v) is 8.79. The summed E-state index contributed by atoms with van der Waals surface area (Å²) in [5.74, 6) is 1.44. The Morgan fingerprint density at radius 3 is 2.81 bits per heavy atom. The van der Waals surface area contributed by atoms with Crippen LogP contribution in [-0.2, 0) is 9.53 Å². The van der Waals surface area contributed by atoms with Crippen molar-refractivity contribution in [2.45, 2.75) is 19.8 Å². The Balaban J connectivity index is 1.59. The third-order valence-electron chi connectivity index (χ3n) is 4.63. The van der Waals surface area contributed by atoms with E-state index in [1.807, 2.05) is 25.1 Å². The molecule has 0 amide bonds. The van der Waals surface area contributed by atoms with Crippen LogP contribution in [0.1, 0.15) is 19.8 Å². The Hall–Kier alpha value is -3.03. The Morgan fingerprint density at radius 2 is 2.08 bits per heavy atom. The number of aromatic nitrogens is 5. The third kappa shape index (κ3) is 2.98. The van der Waals surface area contributed by atoms with E-state index in [1.54, 1.807) is 23.4 Å². The van der Waals surface area contributed by atoms with Crippen LogP contribution < -0.4 is 4.90 Å². The van der Waals surface area contributed by atoms with Gasteiger partial charge in [-0.2, -0.15) is 9.78 Å². The summed E-state index contributed by atoms with van der Waals surface area (Å²) < 4.78 is 6.86. The highest BCUT2D eigenvalue weighted by Gasteiger charge is 2.27. The number of fused-ring (bicyclic) bond motifs is 1. The predicted octanol–water partition coefficient (Wildman–Crippen LogP) is 1.99. The fraction of sp³-hybridized carbons (Fsp3) is 0.389. The number of pyridine rings is 1.